The van der Waals surface area contributed by atoms with Gasteiger partial charge in [0.25, 0.3) is 0 Å². The summed E-state index contributed by atoms with van der Waals surface area (Å²) < 4.78 is 0. The van der Waals surface area contributed by atoms with E-state index in [-0.39, 0.29) is 10.8 Å². The SMILES string of the molecule is CC(C)(C)c1ccc2c(c1)C1(c3ccccc3-c3ccc(N(c4ccc(C56CC7CC(CC(C7)C5)C6)cc4)c4cccc5c4-c4ccccc4C5(C)C)cc31)c1ccccc1-2. The van der Waals surface area contributed by atoms with Crippen LogP contribution in [0.1, 0.15) is 118 Å². The van der Waals surface area contributed by atoms with Crippen LogP contribution in [-0.2, 0) is 21.7 Å². The third kappa shape index (κ3) is 4.79. The molecule has 0 saturated heterocycles. The summed E-state index contributed by atoms with van der Waals surface area (Å²) in [5.74, 6) is 2.77. The molecule has 0 heterocycles. The van der Waals surface area contributed by atoms with Crippen LogP contribution >= 0.6 is 0 Å². The molecule has 4 bridgehead atoms. The van der Waals surface area contributed by atoms with Crippen LogP contribution < -0.4 is 4.90 Å². The Morgan fingerprint density at radius 1 is 0.459 bits per heavy atom. The molecule has 4 fully saturated rings. The fourth-order valence-electron chi connectivity index (χ4n) is 14.5. The summed E-state index contributed by atoms with van der Waals surface area (Å²) in [5.41, 5.74) is 23.0. The fourth-order valence-corrected chi connectivity index (χ4v) is 14.5. The third-order valence-corrected chi connectivity index (χ3v) is 16.8. The van der Waals surface area contributed by atoms with Gasteiger partial charge in [-0.15, -0.1) is 0 Å². The lowest BCUT2D eigenvalue weighted by Crippen LogP contribution is -2.48. The molecule has 300 valence electrons. The molecule has 61 heavy (non-hydrogen) atoms. The predicted octanol–water partition coefficient (Wildman–Crippen LogP) is 15.6. The van der Waals surface area contributed by atoms with Gasteiger partial charge >= 0.3 is 0 Å². The quantitative estimate of drug-likeness (QED) is 0.172. The Kier molecular flexibility index (Phi) is 7.24. The molecule has 1 unspecified atom stereocenters. The van der Waals surface area contributed by atoms with Gasteiger partial charge in [-0.05, 0) is 170 Å². The van der Waals surface area contributed by atoms with Crippen LogP contribution in [0.15, 0.2) is 152 Å². The highest BCUT2D eigenvalue weighted by Gasteiger charge is 2.53. The smallest absolute Gasteiger partial charge is 0.0726 e. The maximum absolute atomic E-state index is 2.62. The van der Waals surface area contributed by atoms with Crippen LogP contribution in [0.2, 0.25) is 0 Å². The lowest BCUT2D eigenvalue weighted by molar-refractivity contribution is -0.00518. The predicted molar refractivity (Wildman–Crippen MR) is 254 cm³/mol. The van der Waals surface area contributed by atoms with Crippen molar-refractivity contribution in [2.24, 2.45) is 17.8 Å². The first-order valence-electron chi connectivity index (χ1n) is 23.2. The minimum Gasteiger partial charge on any atom is -0.310 e. The average Bonchev–Trinajstić information content (AvgIpc) is 3.82. The van der Waals surface area contributed by atoms with E-state index in [9.17, 15) is 0 Å². The highest BCUT2D eigenvalue weighted by molar-refractivity contribution is 5.98. The molecular formula is C60H55N. The van der Waals surface area contributed by atoms with Crippen molar-refractivity contribution < 1.29 is 0 Å². The Balaban J connectivity index is 1.06. The molecule has 1 spiro atoms. The number of fused-ring (bicyclic) bond motifs is 13. The topological polar surface area (TPSA) is 3.24 Å². The number of anilines is 3. The van der Waals surface area contributed by atoms with Crippen LogP contribution in [0.4, 0.5) is 17.1 Å². The molecule has 0 aliphatic heterocycles. The molecule has 7 aliphatic rings. The average molecular weight is 790 g/mol. The number of hydrogen-bond donors (Lipinski definition) is 0. The van der Waals surface area contributed by atoms with Gasteiger partial charge in [0.15, 0.2) is 0 Å². The lowest BCUT2D eigenvalue weighted by atomic mass is 9.48. The molecule has 7 aromatic rings. The van der Waals surface area contributed by atoms with E-state index in [0.29, 0.717) is 5.41 Å². The largest absolute Gasteiger partial charge is 0.310 e. The molecule has 1 nitrogen and oxygen atoms in total. The van der Waals surface area contributed by atoms with E-state index in [1.165, 1.54) is 128 Å². The normalized spacial score (nSPS) is 25.2. The van der Waals surface area contributed by atoms with Crippen molar-refractivity contribution in [1.29, 1.82) is 0 Å². The van der Waals surface area contributed by atoms with Gasteiger partial charge in [-0.3, -0.25) is 0 Å². The molecule has 1 atom stereocenters. The van der Waals surface area contributed by atoms with Gasteiger partial charge in [0, 0.05) is 22.4 Å². The van der Waals surface area contributed by atoms with E-state index >= 15 is 0 Å². The van der Waals surface area contributed by atoms with Gasteiger partial charge in [-0.25, -0.2) is 0 Å². The zero-order chi connectivity index (χ0) is 41.0. The van der Waals surface area contributed by atoms with E-state index in [4.69, 9.17) is 0 Å². The molecule has 4 saturated carbocycles. The molecule has 14 rings (SSSR count). The van der Waals surface area contributed by atoms with Crippen LogP contribution in [-0.4, -0.2) is 0 Å². The summed E-state index contributed by atoms with van der Waals surface area (Å²) in [4.78, 5) is 2.62. The molecule has 0 aromatic heterocycles. The summed E-state index contributed by atoms with van der Waals surface area (Å²) in [7, 11) is 0. The minimum absolute atomic E-state index is 0.0185. The van der Waals surface area contributed by atoms with Gasteiger partial charge in [0.1, 0.15) is 0 Å². The monoisotopic (exact) mass is 789 g/mol. The number of hydrogen-bond acceptors (Lipinski definition) is 1. The van der Waals surface area contributed by atoms with E-state index in [0.717, 1.165) is 17.8 Å². The molecular weight excluding hydrogens is 735 g/mol. The molecule has 0 N–H and O–H groups in total. The second kappa shape index (κ2) is 12.3. The van der Waals surface area contributed by atoms with Gasteiger partial charge in [0.05, 0.1) is 11.1 Å². The Morgan fingerprint density at radius 2 is 0.967 bits per heavy atom. The van der Waals surface area contributed by atoms with E-state index in [1.54, 1.807) is 5.56 Å². The van der Waals surface area contributed by atoms with Gasteiger partial charge in [0.2, 0.25) is 0 Å². The summed E-state index contributed by atoms with van der Waals surface area (Å²) in [6, 6.07) is 59.5. The zero-order valence-corrected chi connectivity index (χ0v) is 36.4. The van der Waals surface area contributed by atoms with Gasteiger partial charge in [-0.2, -0.15) is 0 Å². The number of rotatable bonds is 4. The van der Waals surface area contributed by atoms with Crippen molar-refractivity contribution in [3.8, 4) is 33.4 Å². The summed E-state index contributed by atoms with van der Waals surface area (Å²) >= 11 is 0. The molecule has 1 heteroatoms. The number of benzene rings is 7. The van der Waals surface area contributed by atoms with Crippen LogP contribution in [0.3, 0.4) is 0 Å². The fraction of sp³-hybridized carbons (Fsp3) is 0.300. The highest BCUT2D eigenvalue weighted by Crippen LogP contribution is 2.65. The molecule has 7 aromatic carbocycles. The van der Waals surface area contributed by atoms with E-state index in [1.807, 2.05) is 0 Å². The standard InChI is InChI=1S/C60H55N/c1-57(2,3)41-23-27-46-44-13-6-10-17-50(44)60(53(46)32-41)51-18-11-7-14-45(51)47-28-26-43(33-54(47)60)61(55-20-12-19-52-56(55)48-15-8-9-16-49(48)58(52,4)5)42-24-21-40(22-25-42)59-34-37-29-38(35-59)31-39(30-37)36-59/h6-28,32-33,37-39H,29-31,34-36H2,1-5H3. The highest BCUT2D eigenvalue weighted by atomic mass is 15.1. The Labute approximate surface area is 362 Å². The number of nitrogens with zero attached hydrogens (tertiary/aromatic N) is 1. The van der Waals surface area contributed by atoms with Crippen molar-refractivity contribution >= 4 is 17.1 Å². The second-order valence-corrected chi connectivity index (χ2v) is 21.5. The maximum atomic E-state index is 2.62. The first-order chi connectivity index (χ1) is 29.5. The third-order valence-electron chi connectivity index (χ3n) is 16.8. The first kappa shape index (κ1) is 36.0. The zero-order valence-electron chi connectivity index (χ0n) is 36.4. The van der Waals surface area contributed by atoms with E-state index in [2.05, 4.69) is 191 Å². The van der Waals surface area contributed by atoms with Crippen LogP contribution in [0, 0.1) is 17.8 Å². The second-order valence-electron chi connectivity index (χ2n) is 21.5. The Bertz CT molecular complexity index is 2920. The van der Waals surface area contributed by atoms with E-state index < -0.39 is 5.41 Å². The summed E-state index contributed by atoms with van der Waals surface area (Å²) in [6.45, 7) is 11.9. The molecule has 0 amide bonds. The van der Waals surface area contributed by atoms with Gasteiger partial charge in [-0.1, -0.05) is 156 Å². The lowest BCUT2D eigenvalue weighted by Gasteiger charge is -2.57. The summed E-state index contributed by atoms with van der Waals surface area (Å²) in [6.07, 6.45) is 8.56. The minimum atomic E-state index is -0.434. The Hall–Kier alpha value is -5.66. The Morgan fingerprint density at radius 3 is 1.59 bits per heavy atom. The summed E-state index contributed by atoms with van der Waals surface area (Å²) in [5, 5.41) is 0. The maximum Gasteiger partial charge on any atom is 0.0726 e. The molecule has 7 aliphatic carbocycles. The van der Waals surface area contributed by atoms with Crippen molar-refractivity contribution in [2.45, 2.75) is 94.8 Å². The first-order valence-corrected chi connectivity index (χ1v) is 23.2. The van der Waals surface area contributed by atoms with Crippen molar-refractivity contribution in [3.05, 3.63) is 196 Å². The van der Waals surface area contributed by atoms with Crippen LogP contribution in [0.25, 0.3) is 33.4 Å². The van der Waals surface area contributed by atoms with Crippen molar-refractivity contribution in [3.63, 3.8) is 0 Å². The van der Waals surface area contributed by atoms with Gasteiger partial charge < -0.3 is 4.90 Å². The van der Waals surface area contributed by atoms with Crippen molar-refractivity contribution in [1.82, 2.24) is 0 Å². The van der Waals surface area contributed by atoms with Crippen molar-refractivity contribution in [2.75, 3.05) is 4.90 Å². The van der Waals surface area contributed by atoms with Crippen LogP contribution in [0.5, 0.6) is 0 Å². The molecule has 0 radical (unpaired) electrons.